The summed E-state index contributed by atoms with van der Waals surface area (Å²) in [7, 11) is 3.34. The quantitative estimate of drug-likeness (QED) is 0.318. The molecule has 0 amide bonds. The molecule has 0 spiro atoms. The molecule has 6 aromatic rings. The molecule has 0 saturated carbocycles. The van der Waals surface area contributed by atoms with Gasteiger partial charge in [0.05, 0.1) is 19.8 Å². The van der Waals surface area contributed by atoms with E-state index in [0.717, 1.165) is 50.3 Å². The van der Waals surface area contributed by atoms with E-state index in [9.17, 15) is 0 Å². The fourth-order valence-electron chi connectivity index (χ4n) is 5.05. The normalized spacial score (nSPS) is 14.2. The molecule has 0 bridgehead atoms. The SMILES string of the molecule is COc1ccc(C2c3ccc4c(OC)cccc4c3Oc3ncn4nc(-c5ccncc5)nc4c32)cc1. The van der Waals surface area contributed by atoms with E-state index in [-0.39, 0.29) is 5.92 Å². The zero-order valence-electron chi connectivity index (χ0n) is 20.1. The van der Waals surface area contributed by atoms with Crippen molar-refractivity contribution in [3.8, 4) is 34.5 Å². The van der Waals surface area contributed by atoms with E-state index in [0.29, 0.717) is 17.4 Å². The Labute approximate surface area is 212 Å². The predicted octanol–water partition coefficient (Wildman–Crippen LogP) is 5.64. The van der Waals surface area contributed by atoms with Crippen LogP contribution in [-0.2, 0) is 0 Å². The van der Waals surface area contributed by atoms with Gasteiger partial charge in [-0.15, -0.1) is 5.10 Å². The Morgan fingerprint density at radius 1 is 0.865 bits per heavy atom. The van der Waals surface area contributed by atoms with Crippen molar-refractivity contribution in [3.05, 3.63) is 102 Å². The molecule has 0 N–H and O–H groups in total. The van der Waals surface area contributed by atoms with Gasteiger partial charge >= 0.3 is 0 Å². The molecule has 7 rings (SSSR count). The Hall–Kier alpha value is -4.98. The molecule has 1 unspecified atom stereocenters. The van der Waals surface area contributed by atoms with Gasteiger partial charge < -0.3 is 14.2 Å². The summed E-state index contributed by atoms with van der Waals surface area (Å²) in [6.07, 6.45) is 5.11. The van der Waals surface area contributed by atoms with Gasteiger partial charge in [0.1, 0.15) is 23.6 Å². The molecular weight excluding hydrogens is 466 g/mol. The van der Waals surface area contributed by atoms with Crippen LogP contribution in [0.4, 0.5) is 0 Å². The number of pyridine rings is 1. The number of rotatable bonds is 4. The molecule has 1 aliphatic rings. The first-order valence-electron chi connectivity index (χ1n) is 11.8. The fraction of sp³-hybridized carbons (Fsp3) is 0.103. The Morgan fingerprint density at radius 2 is 1.70 bits per heavy atom. The summed E-state index contributed by atoms with van der Waals surface area (Å²) >= 11 is 0. The van der Waals surface area contributed by atoms with Crippen LogP contribution in [0.2, 0.25) is 0 Å². The van der Waals surface area contributed by atoms with Crippen LogP contribution in [-0.4, -0.2) is 38.8 Å². The number of benzene rings is 3. The molecule has 0 radical (unpaired) electrons. The minimum absolute atomic E-state index is 0.189. The number of nitrogens with zero attached hydrogens (tertiary/aromatic N) is 5. The number of ether oxygens (including phenoxy) is 3. The Balaban J connectivity index is 1.50. The van der Waals surface area contributed by atoms with Crippen LogP contribution >= 0.6 is 0 Å². The summed E-state index contributed by atoms with van der Waals surface area (Å²) < 4.78 is 19.3. The lowest BCUT2D eigenvalue weighted by atomic mass is 9.82. The van der Waals surface area contributed by atoms with Gasteiger partial charge in [0.25, 0.3) is 0 Å². The molecular formula is C29H21N5O3. The Morgan fingerprint density at radius 3 is 2.49 bits per heavy atom. The van der Waals surface area contributed by atoms with E-state index in [1.807, 2.05) is 42.5 Å². The Kier molecular flexibility index (Phi) is 4.78. The zero-order valence-corrected chi connectivity index (χ0v) is 20.1. The maximum atomic E-state index is 6.53. The minimum Gasteiger partial charge on any atom is -0.497 e. The summed E-state index contributed by atoms with van der Waals surface area (Å²) in [5.74, 6) is 3.25. The van der Waals surface area contributed by atoms with Gasteiger partial charge in [-0.1, -0.05) is 36.4 Å². The monoisotopic (exact) mass is 487 g/mol. The lowest BCUT2D eigenvalue weighted by Crippen LogP contribution is -2.15. The topological polar surface area (TPSA) is 83.7 Å². The molecule has 37 heavy (non-hydrogen) atoms. The number of methoxy groups -OCH3 is 2. The van der Waals surface area contributed by atoms with E-state index in [4.69, 9.17) is 24.3 Å². The molecule has 3 aromatic heterocycles. The van der Waals surface area contributed by atoms with Crippen LogP contribution in [0.1, 0.15) is 22.6 Å². The van der Waals surface area contributed by atoms with Gasteiger partial charge in [0, 0.05) is 40.2 Å². The molecule has 0 aliphatic carbocycles. The number of hydrogen-bond acceptors (Lipinski definition) is 7. The van der Waals surface area contributed by atoms with E-state index < -0.39 is 0 Å². The summed E-state index contributed by atoms with van der Waals surface area (Å²) in [4.78, 5) is 13.7. The van der Waals surface area contributed by atoms with Crippen molar-refractivity contribution >= 4 is 16.4 Å². The molecule has 8 nitrogen and oxygen atoms in total. The van der Waals surface area contributed by atoms with E-state index in [1.165, 1.54) is 0 Å². The summed E-state index contributed by atoms with van der Waals surface area (Å²) in [5, 5.41) is 6.63. The smallest absolute Gasteiger partial charge is 0.228 e. The first-order valence-corrected chi connectivity index (χ1v) is 11.8. The number of hydrogen-bond donors (Lipinski definition) is 0. The van der Waals surface area contributed by atoms with Gasteiger partial charge in [-0.2, -0.15) is 0 Å². The van der Waals surface area contributed by atoms with E-state index >= 15 is 0 Å². The fourth-order valence-corrected chi connectivity index (χ4v) is 5.05. The molecule has 1 atom stereocenters. The number of aromatic nitrogens is 5. The summed E-state index contributed by atoms with van der Waals surface area (Å²) in [6.45, 7) is 0. The second-order valence-electron chi connectivity index (χ2n) is 8.75. The third-order valence-electron chi connectivity index (χ3n) is 6.80. The van der Waals surface area contributed by atoms with Crippen LogP contribution in [0.25, 0.3) is 27.8 Å². The highest BCUT2D eigenvalue weighted by atomic mass is 16.5. The molecule has 3 aromatic carbocycles. The van der Waals surface area contributed by atoms with Crippen molar-refractivity contribution in [3.63, 3.8) is 0 Å². The van der Waals surface area contributed by atoms with E-state index in [1.54, 1.807) is 37.5 Å². The molecule has 0 fully saturated rings. The number of fused-ring (bicyclic) bond motifs is 6. The van der Waals surface area contributed by atoms with Crippen molar-refractivity contribution in [2.24, 2.45) is 0 Å². The first-order chi connectivity index (χ1) is 18.2. The molecule has 180 valence electrons. The van der Waals surface area contributed by atoms with E-state index in [2.05, 4.69) is 34.2 Å². The van der Waals surface area contributed by atoms with Gasteiger partial charge in [-0.25, -0.2) is 14.5 Å². The lowest BCUT2D eigenvalue weighted by molar-refractivity contribution is 0.414. The summed E-state index contributed by atoms with van der Waals surface area (Å²) in [6, 6.07) is 22.0. The van der Waals surface area contributed by atoms with Gasteiger partial charge in [-0.3, -0.25) is 4.98 Å². The standard InChI is InChI=1S/C29H21N5O3/c1-35-19-8-6-17(7-9-19)24-22-11-10-20-21(4-3-5-23(20)36-2)26(22)37-29-25(24)28-32-27(33-34(28)16-31-29)18-12-14-30-15-13-18/h3-16,24H,1-2H3. The highest BCUT2D eigenvalue weighted by molar-refractivity contribution is 5.95. The van der Waals surface area contributed by atoms with Crippen molar-refractivity contribution in [1.29, 1.82) is 0 Å². The van der Waals surface area contributed by atoms with Crippen LogP contribution in [0.15, 0.2) is 85.5 Å². The van der Waals surface area contributed by atoms with Gasteiger partial charge in [0.15, 0.2) is 11.5 Å². The average Bonchev–Trinajstić information content (AvgIpc) is 3.41. The predicted molar refractivity (Wildman–Crippen MR) is 139 cm³/mol. The zero-order chi connectivity index (χ0) is 24.9. The molecule has 1 aliphatic heterocycles. The maximum Gasteiger partial charge on any atom is 0.228 e. The van der Waals surface area contributed by atoms with Crippen molar-refractivity contribution in [2.45, 2.75) is 5.92 Å². The average molecular weight is 488 g/mol. The van der Waals surface area contributed by atoms with Crippen LogP contribution in [0.3, 0.4) is 0 Å². The third-order valence-corrected chi connectivity index (χ3v) is 6.80. The summed E-state index contributed by atoms with van der Waals surface area (Å²) in [5.41, 5.74) is 4.51. The maximum absolute atomic E-state index is 6.53. The highest BCUT2D eigenvalue weighted by Crippen LogP contribution is 2.51. The van der Waals surface area contributed by atoms with Crippen LogP contribution in [0, 0.1) is 0 Å². The largest absolute Gasteiger partial charge is 0.497 e. The first kappa shape index (κ1) is 21.3. The second-order valence-corrected chi connectivity index (χ2v) is 8.75. The van der Waals surface area contributed by atoms with Crippen molar-refractivity contribution in [1.82, 2.24) is 24.6 Å². The highest BCUT2D eigenvalue weighted by Gasteiger charge is 2.34. The molecule has 0 saturated heterocycles. The van der Waals surface area contributed by atoms with Crippen LogP contribution in [0.5, 0.6) is 23.1 Å². The molecule has 8 heteroatoms. The van der Waals surface area contributed by atoms with Crippen LogP contribution < -0.4 is 14.2 Å². The third kappa shape index (κ3) is 3.30. The van der Waals surface area contributed by atoms with Gasteiger partial charge in [0.2, 0.25) is 5.88 Å². The second kappa shape index (κ2) is 8.30. The molecule has 4 heterocycles. The van der Waals surface area contributed by atoms with Gasteiger partial charge in [-0.05, 0) is 35.9 Å². The Bertz CT molecular complexity index is 1780. The lowest BCUT2D eigenvalue weighted by Gasteiger charge is -2.29. The van der Waals surface area contributed by atoms with Crippen molar-refractivity contribution < 1.29 is 14.2 Å². The minimum atomic E-state index is -0.189. The van der Waals surface area contributed by atoms with Crippen molar-refractivity contribution in [2.75, 3.05) is 14.2 Å².